The lowest BCUT2D eigenvalue weighted by atomic mass is 9.89. The fourth-order valence-electron chi connectivity index (χ4n) is 10.0. The van der Waals surface area contributed by atoms with Crippen molar-refractivity contribution < 1.29 is 0 Å². The Labute approximate surface area is 262 Å². The first kappa shape index (κ1) is 25.4. The first-order chi connectivity index (χ1) is 21.8. The average Bonchev–Trinajstić information content (AvgIpc) is 3.79. The van der Waals surface area contributed by atoms with Crippen molar-refractivity contribution in [2.24, 2.45) is 0 Å². The Kier molecular flexibility index (Phi) is 5.34. The number of fused-ring (bicyclic) bond motifs is 8. The van der Waals surface area contributed by atoms with Gasteiger partial charge >= 0.3 is 0 Å². The van der Waals surface area contributed by atoms with Gasteiger partial charge in [0.2, 0.25) is 0 Å². The number of rotatable bonds is 2. The summed E-state index contributed by atoms with van der Waals surface area (Å²) in [7, 11) is -3.74. The van der Waals surface area contributed by atoms with E-state index < -0.39 is 16.1 Å². The molecule has 2 heteroatoms. The van der Waals surface area contributed by atoms with E-state index in [1.165, 1.54) is 83.2 Å². The van der Waals surface area contributed by atoms with Gasteiger partial charge in [0.15, 0.2) is 0 Å². The van der Waals surface area contributed by atoms with Gasteiger partial charge in [-0.25, -0.2) is 0 Å². The Hall–Kier alpha value is -3.99. The van der Waals surface area contributed by atoms with E-state index in [0.717, 1.165) is 0 Å². The first-order valence-corrected chi connectivity index (χ1v) is 21.6. The largest absolute Gasteiger partial charge is 0.119 e. The van der Waals surface area contributed by atoms with Crippen molar-refractivity contribution in [3.8, 4) is 44.5 Å². The van der Waals surface area contributed by atoms with Crippen molar-refractivity contribution in [3.05, 3.63) is 121 Å². The standard InChI is InChI=1S/C42H36Si2/c1-3-11-29(12-4-1)31-15-17-33-35-19-20-36-34-18-16-32(30-13-5-2-6-14-30)28-40(34)44(25-9-10-26-44)38-22-21-37(41(35)42(36)38)43(39(33)27-31)23-7-8-24-43/h1-6,11-22,27-28H,7-10,23-26H2. The van der Waals surface area contributed by atoms with E-state index in [4.69, 9.17) is 0 Å². The van der Waals surface area contributed by atoms with Crippen LogP contribution in [0.3, 0.4) is 0 Å². The van der Waals surface area contributed by atoms with Crippen molar-refractivity contribution in [1.82, 2.24) is 0 Å². The van der Waals surface area contributed by atoms with Gasteiger partial charge in [0.1, 0.15) is 16.1 Å². The van der Waals surface area contributed by atoms with E-state index in [2.05, 4.69) is 121 Å². The normalized spacial score (nSPS) is 18.1. The second-order valence-corrected chi connectivity index (χ2v) is 22.4. The van der Waals surface area contributed by atoms with Crippen LogP contribution in [-0.4, -0.2) is 16.1 Å². The lowest BCUT2D eigenvalue weighted by Crippen LogP contribution is -2.62. The molecule has 0 aliphatic carbocycles. The van der Waals surface area contributed by atoms with Crippen molar-refractivity contribution >= 4 is 47.7 Å². The summed E-state index contributed by atoms with van der Waals surface area (Å²) >= 11 is 0. The molecular weight excluding hydrogens is 561 g/mol. The van der Waals surface area contributed by atoms with E-state index in [1.807, 2.05) is 0 Å². The van der Waals surface area contributed by atoms with Crippen LogP contribution < -0.4 is 20.7 Å². The maximum Gasteiger partial charge on any atom is 0.119 e. The summed E-state index contributed by atoms with van der Waals surface area (Å²) in [6, 6.07) is 53.1. The predicted molar refractivity (Wildman–Crippen MR) is 193 cm³/mol. The third kappa shape index (κ3) is 3.28. The number of hydrogen-bond donors (Lipinski definition) is 0. The molecule has 0 unspecified atom stereocenters. The van der Waals surface area contributed by atoms with E-state index in [-0.39, 0.29) is 0 Å². The zero-order chi connectivity index (χ0) is 28.9. The van der Waals surface area contributed by atoms with Crippen molar-refractivity contribution in [2.75, 3.05) is 0 Å². The molecule has 0 amide bonds. The lowest BCUT2D eigenvalue weighted by molar-refractivity contribution is 0.935. The summed E-state index contributed by atoms with van der Waals surface area (Å²) in [6.07, 6.45) is 5.51. The van der Waals surface area contributed by atoms with Crippen LogP contribution in [0.5, 0.6) is 0 Å². The molecule has 10 rings (SSSR count). The second kappa shape index (κ2) is 9.26. The van der Waals surface area contributed by atoms with Crippen LogP contribution in [0, 0.1) is 0 Å². The summed E-state index contributed by atoms with van der Waals surface area (Å²) in [5, 5.41) is 10.3. The van der Waals surface area contributed by atoms with E-state index in [0.29, 0.717) is 0 Å². The minimum absolute atomic E-state index is 1.34. The molecule has 2 spiro atoms. The van der Waals surface area contributed by atoms with E-state index in [1.54, 1.807) is 42.6 Å². The molecule has 2 saturated heterocycles. The quantitative estimate of drug-likeness (QED) is 0.175. The molecule has 6 aromatic carbocycles. The van der Waals surface area contributed by atoms with Gasteiger partial charge in [0.25, 0.3) is 0 Å². The van der Waals surface area contributed by atoms with Crippen LogP contribution in [0.2, 0.25) is 24.2 Å². The Balaban J connectivity index is 1.27. The Bertz CT molecular complexity index is 1960. The highest BCUT2D eigenvalue weighted by Gasteiger charge is 2.50. The van der Waals surface area contributed by atoms with Gasteiger partial charge in [-0.1, -0.05) is 147 Å². The summed E-state index contributed by atoms with van der Waals surface area (Å²) in [4.78, 5) is 0. The zero-order valence-electron chi connectivity index (χ0n) is 25.2. The average molecular weight is 597 g/mol. The molecule has 6 aromatic rings. The molecule has 0 N–H and O–H groups in total. The van der Waals surface area contributed by atoms with Gasteiger partial charge in [0.05, 0.1) is 0 Å². The second-order valence-electron chi connectivity index (χ2n) is 13.9. The summed E-state index contributed by atoms with van der Waals surface area (Å²) in [5.74, 6) is 0. The fraction of sp³-hybridized carbons (Fsp3) is 0.190. The van der Waals surface area contributed by atoms with Crippen molar-refractivity contribution in [2.45, 2.75) is 49.9 Å². The molecule has 2 fully saturated rings. The molecule has 0 saturated carbocycles. The van der Waals surface area contributed by atoms with Gasteiger partial charge in [-0.05, 0) is 100 Å². The van der Waals surface area contributed by atoms with Crippen LogP contribution >= 0.6 is 0 Å². The third-order valence-corrected chi connectivity index (χ3v) is 22.6. The van der Waals surface area contributed by atoms with E-state index in [9.17, 15) is 0 Å². The van der Waals surface area contributed by atoms with Crippen LogP contribution in [0.4, 0.5) is 0 Å². The molecule has 0 bridgehead atoms. The summed E-state index contributed by atoms with van der Waals surface area (Å²) in [5.41, 5.74) is 11.6. The van der Waals surface area contributed by atoms with E-state index >= 15 is 0 Å². The topological polar surface area (TPSA) is 0 Å². The van der Waals surface area contributed by atoms with Crippen molar-refractivity contribution in [1.29, 1.82) is 0 Å². The minimum atomic E-state index is -1.87. The zero-order valence-corrected chi connectivity index (χ0v) is 27.2. The molecule has 0 nitrogen and oxygen atoms in total. The minimum Gasteiger partial charge on any atom is -0.0622 e. The lowest BCUT2D eigenvalue weighted by Gasteiger charge is -2.41. The number of benzene rings is 6. The molecule has 4 aliphatic rings. The van der Waals surface area contributed by atoms with Crippen molar-refractivity contribution in [3.63, 3.8) is 0 Å². The fourth-order valence-corrected chi connectivity index (χ4v) is 21.3. The number of hydrogen-bond acceptors (Lipinski definition) is 0. The third-order valence-electron chi connectivity index (χ3n) is 12.0. The molecule has 0 atom stereocenters. The summed E-state index contributed by atoms with van der Waals surface area (Å²) in [6.45, 7) is 0. The maximum atomic E-state index is 2.69. The van der Waals surface area contributed by atoms with Gasteiger partial charge in [-0.3, -0.25) is 0 Å². The monoisotopic (exact) mass is 596 g/mol. The Morgan fingerprint density at radius 3 is 1.11 bits per heavy atom. The van der Waals surface area contributed by atoms with Crippen LogP contribution in [0.15, 0.2) is 121 Å². The molecule has 4 aliphatic heterocycles. The highest BCUT2D eigenvalue weighted by molar-refractivity contribution is 7.08. The van der Waals surface area contributed by atoms with Gasteiger partial charge in [-0.2, -0.15) is 0 Å². The Morgan fingerprint density at radius 1 is 0.318 bits per heavy atom. The first-order valence-electron chi connectivity index (χ1n) is 16.8. The highest BCUT2D eigenvalue weighted by atomic mass is 28.3. The smallest absolute Gasteiger partial charge is 0.0622 e. The molecule has 0 radical (unpaired) electrons. The maximum absolute atomic E-state index is 2.69. The van der Waals surface area contributed by atoms with Gasteiger partial charge in [0, 0.05) is 0 Å². The van der Waals surface area contributed by atoms with Crippen LogP contribution in [0.25, 0.3) is 55.3 Å². The summed E-state index contributed by atoms with van der Waals surface area (Å²) < 4.78 is 0. The molecule has 44 heavy (non-hydrogen) atoms. The van der Waals surface area contributed by atoms with Gasteiger partial charge in [-0.15, -0.1) is 0 Å². The highest BCUT2D eigenvalue weighted by Crippen LogP contribution is 2.47. The Morgan fingerprint density at radius 2 is 0.705 bits per heavy atom. The van der Waals surface area contributed by atoms with Crippen LogP contribution in [-0.2, 0) is 0 Å². The van der Waals surface area contributed by atoms with Crippen LogP contribution in [0.1, 0.15) is 25.7 Å². The van der Waals surface area contributed by atoms with Gasteiger partial charge < -0.3 is 0 Å². The molecule has 212 valence electrons. The molecule has 4 heterocycles. The molecule has 0 aromatic heterocycles. The molecular formula is C42H36Si2. The SMILES string of the molecule is c1ccc(-c2ccc3c(c2)[Si]2(CCCC2)c2ccc4c5c(ccc-3c25)-c2ccc(-c3ccccc3)cc2[Si]42CCCC2)cc1. The predicted octanol–water partition coefficient (Wildman–Crippen LogP) is 8.85.